The normalized spacial score (nSPS) is 17.5. The van der Waals surface area contributed by atoms with E-state index < -0.39 is 5.60 Å². The van der Waals surface area contributed by atoms with Crippen LogP contribution in [0.25, 0.3) is 5.69 Å². The SMILES string of the molecule is Cc1nn(-c2ccccc2)cc1CNCC1(O)CCOCC1. The number of nitrogens with one attached hydrogen (secondary N) is 1. The van der Waals surface area contributed by atoms with Gasteiger partial charge in [0.05, 0.1) is 17.0 Å². The maximum absolute atomic E-state index is 10.4. The summed E-state index contributed by atoms with van der Waals surface area (Å²) in [5.41, 5.74) is 2.58. The van der Waals surface area contributed by atoms with Crippen LogP contribution in [0.3, 0.4) is 0 Å². The number of benzene rings is 1. The number of aliphatic hydroxyl groups is 1. The molecule has 0 atom stereocenters. The first kappa shape index (κ1) is 15.2. The first-order chi connectivity index (χ1) is 10.7. The lowest BCUT2D eigenvalue weighted by Gasteiger charge is -2.32. The highest BCUT2D eigenvalue weighted by atomic mass is 16.5. The van der Waals surface area contributed by atoms with Crippen molar-refractivity contribution in [2.75, 3.05) is 19.8 Å². The van der Waals surface area contributed by atoms with Crippen molar-refractivity contribution in [2.24, 2.45) is 0 Å². The zero-order valence-corrected chi connectivity index (χ0v) is 13.0. The number of aromatic nitrogens is 2. The number of para-hydroxylation sites is 1. The molecule has 1 saturated heterocycles. The van der Waals surface area contributed by atoms with Gasteiger partial charge >= 0.3 is 0 Å². The molecule has 1 aromatic heterocycles. The summed E-state index contributed by atoms with van der Waals surface area (Å²) in [4.78, 5) is 0. The Morgan fingerprint density at radius 3 is 2.73 bits per heavy atom. The molecule has 5 heteroatoms. The van der Waals surface area contributed by atoms with E-state index >= 15 is 0 Å². The lowest BCUT2D eigenvalue weighted by atomic mass is 9.94. The molecule has 0 radical (unpaired) electrons. The fourth-order valence-electron chi connectivity index (χ4n) is 2.74. The Labute approximate surface area is 130 Å². The van der Waals surface area contributed by atoms with Gasteiger partial charge in [-0.3, -0.25) is 0 Å². The van der Waals surface area contributed by atoms with Crippen molar-refractivity contribution in [3.05, 3.63) is 47.8 Å². The fourth-order valence-corrected chi connectivity index (χ4v) is 2.74. The second-order valence-corrected chi connectivity index (χ2v) is 5.96. The molecule has 0 saturated carbocycles. The van der Waals surface area contributed by atoms with Crippen molar-refractivity contribution in [2.45, 2.75) is 31.9 Å². The first-order valence-electron chi connectivity index (χ1n) is 7.78. The number of hydrogen-bond donors (Lipinski definition) is 2. The van der Waals surface area contributed by atoms with Gasteiger partial charge in [0.1, 0.15) is 0 Å². The molecule has 1 fully saturated rings. The maximum Gasteiger partial charge on any atom is 0.0815 e. The highest BCUT2D eigenvalue weighted by Crippen LogP contribution is 2.19. The summed E-state index contributed by atoms with van der Waals surface area (Å²) in [5.74, 6) is 0. The van der Waals surface area contributed by atoms with E-state index in [1.807, 2.05) is 48.1 Å². The van der Waals surface area contributed by atoms with Gasteiger partial charge < -0.3 is 15.2 Å². The Balaban J connectivity index is 1.60. The van der Waals surface area contributed by atoms with Crippen LogP contribution in [-0.4, -0.2) is 40.2 Å². The Hall–Kier alpha value is -1.69. The molecule has 1 aliphatic heterocycles. The molecule has 118 valence electrons. The number of nitrogens with zero attached hydrogens (tertiary/aromatic N) is 2. The van der Waals surface area contributed by atoms with Crippen molar-refractivity contribution in [3.8, 4) is 5.69 Å². The summed E-state index contributed by atoms with van der Waals surface area (Å²) in [6, 6.07) is 10.1. The number of rotatable bonds is 5. The fraction of sp³-hybridized carbons (Fsp3) is 0.471. The first-order valence-corrected chi connectivity index (χ1v) is 7.78. The topological polar surface area (TPSA) is 59.3 Å². The molecule has 2 heterocycles. The van der Waals surface area contributed by atoms with E-state index in [0.717, 1.165) is 16.9 Å². The van der Waals surface area contributed by atoms with Gasteiger partial charge in [-0.25, -0.2) is 4.68 Å². The Bertz CT molecular complexity index is 604. The predicted octanol–water partition coefficient (Wildman–Crippen LogP) is 1.81. The van der Waals surface area contributed by atoms with E-state index in [9.17, 15) is 5.11 Å². The van der Waals surface area contributed by atoms with Gasteiger partial charge in [-0.2, -0.15) is 5.10 Å². The Morgan fingerprint density at radius 1 is 1.27 bits per heavy atom. The average molecular weight is 301 g/mol. The van der Waals surface area contributed by atoms with Gasteiger partial charge in [-0.15, -0.1) is 0 Å². The highest BCUT2D eigenvalue weighted by molar-refractivity contribution is 5.32. The van der Waals surface area contributed by atoms with E-state index in [-0.39, 0.29) is 0 Å². The van der Waals surface area contributed by atoms with Crippen molar-refractivity contribution >= 4 is 0 Å². The molecule has 2 aromatic rings. The smallest absolute Gasteiger partial charge is 0.0815 e. The third-order valence-corrected chi connectivity index (χ3v) is 4.21. The van der Waals surface area contributed by atoms with Crippen LogP contribution >= 0.6 is 0 Å². The monoisotopic (exact) mass is 301 g/mol. The zero-order valence-electron chi connectivity index (χ0n) is 13.0. The van der Waals surface area contributed by atoms with E-state index in [2.05, 4.69) is 10.4 Å². The summed E-state index contributed by atoms with van der Waals surface area (Å²) in [6.45, 7) is 4.60. The van der Waals surface area contributed by atoms with Crippen molar-refractivity contribution in [3.63, 3.8) is 0 Å². The lowest BCUT2D eigenvalue weighted by Crippen LogP contribution is -2.44. The molecular weight excluding hydrogens is 278 g/mol. The third kappa shape index (κ3) is 3.55. The number of aryl methyl sites for hydroxylation is 1. The summed E-state index contributed by atoms with van der Waals surface area (Å²) in [5, 5.41) is 18.4. The van der Waals surface area contributed by atoms with Crippen molar-refractivity contribution in [1.82, 2.24) is 15.1 Å². The molecule has 0 unspecified atom stereocenters. The molecule has 22 heavy (non-hydrogen) atoms. The van der Waals surface area contributed by atoms with Crippen LogP contribution in [0, 0.1) is 6.92 Å². The molecule has 2 N–H and O–H groups in total. The molecule has 0 amide bonds. The van der Waals surface area contributed by atoms with Crippen LogP contribution in [0.2, 0.25) is 0 Å². The Kier molecular flexibility index (Phi) is 4.57. The van der Waals surface area contributed by atoms with Crippen molar-refractivity contribution in [1.29, 1.82) is 0 Å². The van der Waals surface area contributed by atoms with Crippen LogP contribution in [0.1, 0.15) is 24.1 Å². The van der Waals surface area contributed by atoms with Crippen LogP contribution in [0.4, 0.5) is 0 Å². The molecule has 1 aromatic carbocycles. The summed E-state index contributed by atoms with van der Waals surface area (Å²) in [7, 11) is 0. The van der Waals surface area contributed by atoms with E-state index in [1.54, 1.807) is 0 Å². The van der Waals surface area contributed by atoms with Crippen LogP contribution in [-0.2, 0) is 11.3 Å². The maximum atomic E-state index is 10.4. The summed E-state index contributed by atoms with van der Waals surface area (Å²) < 4.78 is 7.20. The second kappa shape index (κ2) is 6.60. The van der Waals surface area contributed by atoms with E-state index in [0.29, 0.717) is 39.1 Å². The number of hydrogen-bond acceptors (Lipinski definition) is 4. The van der Waals surface area contributed by atoms with Gasteiger partial charge in [-0.05, 0) is 19.1 Å². The zero-order chi connectivity index (χ0) is 15.4. The molecule has 0 spiro atoms. The van der Waals surface area contributed by atoms with Gasteiger partial charge in [0, 0.05) is 50.9 Å². The highest BCUT2D eigenvalue weighted by Gasteiger charge is 2.29. The molecule has 5 nitrogen and oxygen atoms in total. The molecule has 0 aliphatic carbocycles. The van der Waals surface area contributed by atoms with Crippen LogP contribution < -0.4 is 5.32 Å². The van der Waals surface area contributed by atoms with Crippen molar-refractivity contribution < 1.29 is 9.84 Å². The lowest BCUT2D eigenvalue weighted by molar-refractivity contribution is -0.0617. The van der Waals surface area contributed by atoms with Gasteiger partial charge in [0.2, 0.25) is 0 Å². The molecule has 1 aliphatic rings. The Morgan fingerprint density at radius 2 is 2.00 bits per heavy atom. The summed E-state index contributed by atoms with van der Waals surface area (Å²) >= 11 is 0. The molecule has 0 bridgehead atoms. The van der Waals surface area contributed by atoms with Gasteiger partial charge in [0.15, 0.2) is 0 Å². The van der Waals surface area contributed by atoms with Crippen LogP contribution in [0.5, 0.6) is 0 Å². The standard InChI is InChI=1S/C17H23N3O2/c1-14-15(11-18-13-17(21)7-9-22-10-8-17)12-20(19-14)16-5-3-2-4-6-16/h2-6,12,18,21H,7-11,13H2,1H3. The molecule has 3 rings (SSSR count). The largest absolute Gasteiger partial charge is 0.388 e. The molecular formula is C17H23N3O2. The minimum atomic E-state index is -0.637. The minimum absolute atomic E-state index is 0.590. The quantitative estimate of drug-likeness (QED) is 0.884. The van der Waals surface area contributed by atoms with E-state index in [1.165, 1.54) is 0 Å². The van der Waals surface area contributed by atoms with Gasteiger partial charge in [-0.1, -0.05) is 18.2 Å². The van der Waals surface area contributed by atoms with Crippen LogP contribution in [0.15, 0.2) is 36.5 Å². The minimum Gasteiger partial charge on any atom is -0.388 e. The number of ether oxygens (including phenoxy) is 1. The summed E-state index contributed by atoms with van der Waals surface area (Å²) in [6.07, 6.45) is 3.44. The third-order valence-electron chi connectivity index (χ3n) is 4.21. The van der Waals surface area contributed by atoms with E-state index in [4.69, 9.17) is 4.74 Å². The average Bonchev–Trinajstić information content (AvgIpc) is 2.90. The predicted molar refractivity (Wildman–Crippen MR) is 85.0 cm³/mol. The van der Waals surface area contributed by atoms with Gasteiger partial charge in [0.25, 0.3) is 0 Å². The second-order valence-electron chi connectivity index (χ2n) is 5.96.